The second-order valence-corrected chi connectivity index (χ2v) is 6.11. The molecule has 0 radical (unpaired) electrons. The predicted molar refractivity (Wildman–Crippen MR) is 84.1 cm³/mol. The van der Waals surface area contributed by atoms with Crippen LogP contribution in [0.15, 0.2) is 40.9 Å². The van der Waals surface area contributed by atoms with Crippen LogP contribution in [0.25, 0.3) is 11.5 Å². The van der Waals surface area contributed by atoms with Crippen LogP contribution in [-0.2, 0) is 0 Å². The molecule has 0 aromatic carbocycles. The van der Waals surface area contributed by atoms with Gasteiger partial charge in [-0.05, 0) is 50.0 Å². The monoisotopic (exact) mass is 313 g/mol. The zero-order valence-corrected chi connectivity index (χ0v) is 12.8. The van der Waals surface area contributed by atoms with Gasteiger partial charge in [0.05, 0.1) is 0 Å². The van der Waals surface area contributed by atoms with E-state index in [0.717, 1.165) is 32.5 Å². The molecule has 6 nitrogen and oxygen atoms in total. The van der Waals surface area contributed by atoms with E-state index in [2.05, 4.69) is 15.2 Å². The summed E-state index contributed by atoms with van der Waals surface area (Å²) in [5, 5.41) is 2.97. The van der Waals surface area contributed by atoms with Gasteiger partial charge in [0.15, 0.2) is 5.76 Å². The summed E-state index contributed by atoms with van der Waals surface area (Å²) < 4.78 is 10.8. The fourth-order valence-electron chi connectivity index (χ4n) is 3.42. The van der Waals surface area contributed by atoms with Gasteiger partial charge in [0.25, 0.3) is 5.95 Å². The summed E-state index contributed by atoms with van der Waals surface area (Å²) >= 11 is 0. The minimum Gasteiger partial charge on any atom is -0.424 e. The van der Waals surface area contributed by atoms with E-state index >= 15 is 0 Å². The highest BCUT2D eigenvalue weighted by Crippen LogP contribution is 2.28. The molecule has 0 spiro atoms. The van der Waals surface area contributed by atoms with Gasteiger partial charge in [-0.25, -0.2) is 4.79 Å². The number of amides is 1. The molecule has 3 aliphatic rings. The number of carbonyl (C=O) groups is 1. The lowest BCUT2D eigenvalue weighted by molar-refractivity contribution is 0.0715. The molecule has 0 unspecified atom stereocenters. The molecule has 1 amide bonds. The molecule has 0 saturated carbocycles. The Morgan fingerprint density at radius 2 is 2.13 bits per heavy atom. The van der Waals surface area contributed by atoms with Crippen LogP contribution in [0, 0.1) is 5.92 Å². The summed E-state index contributed by atoms with van der Waals surface area (Å²) in [4.78, 5) is 18.7. The van der Waals surface area contributed by atoms with Crippen molar-refractivity contribution in [1.82, 2.24) is 15.2 Å². The molecule has 5 heterocycles. The van der Waals surface area contributed by atoms with Gasteiger partial charge in [-0.3, -0.25) is 4.98 Å². The lowest BCUT2D eigenvalue weighted by Gasteiger charge is -2.44. The Balaban J connectivity index is 1.37. The van der Waals surface area contributed by atoms with Crippen molar-refractivity contribution in [3.63, 3.8) is 0 Å². The zero-order valence-electron chi connectivity index (χ0n) is 12.8. The molecule has 5 rings (SSSR count). The van der Waals surface area contributed by atoms with Crippen molar-refractivity contribution < 1.29 is 13.9 Å². The minimum atomic E-state index is -0.453. The number of hydrogen-bond donors (Lipinski definition) is 1. The average molecular weight is 313 g/mol. The highest BCUT2D eigenvalue weighted by atomic mass is 16.6. The van der Waals surface area contributed by atoms with E-state index in [1.54, 1.807) is 18.3 Å². The SMILES string of the molecule is O=C(N[C@H]1CN2CCC1CC2)Oc1ccc(-c2ccccn2)o1. The Bertz CT molecular complexity index is 677. The number of aromatic nitrogens is 1. The first-order valence-corrected chi connectivity index (χ1v) is 8.00. The molecule has 3 saturated heterocycles. The van der Waals surface area contributed by atoms with Gasteiger partial charge in [0.1, 0.15) is 5.69 Å². The Labute approximate surface area is 134 Å². The number of fused-ring (bicyclic) bond motifs is 3. The number of nitrogens with zero attached hydrogens (tertiary/aromatic N) is 2. The second-order valence-electron chi connectivity index (χ2n) is 6.11. The van der Waals surface area contributed by atoms with Crippen LogP contribution in [0.5, 0.6) is 5.95 Å². The third kappa shape index (κ3) is 3.07. The fourth-order valence-corrected chi connectivity index (χ4v) is 3.42. The third-order valence-corrected chi connectivity index (χ3v) is 4.65. The number of nitrogens with one attached hydrogen (secondary N) is 1. The standard InChI is InChI=1S/C17H19N3O3/c21-17(19-14-11-20-9-6-12(14)7-10-20)23-16-5-4-15(22-16)13-3-1-2-8-18-13/h1-5,8,12,14H,6-7,9-11H2,(H,19,21)/t14-/m0/s1. The minimum absolute atomic E-state index is 0.176. The Morgan fingerprint density at radius 3 is 2.83 bits per heavy atom. The summed E-state index contributed by atoms with van der Waals surface area (Å²) in [6, 6.07) is 9.13. The molecular weight excluding hydrogens is 294 g/mol. The largest absolute Gasteiger partial charge is 0.424 e. The summed E-state index contributed by atoms with van der Waals surface area (Å²) in [5.74, 6) is 1.33. The Morgan fingerprint density at radius 1 is 1.26 bits per heavy atom. The van der Waals surface area contributed by atoms with Crippen LogP contribution < -0.4 is 10.1 Å². The van der Waals surface area contributed by atoms with E-state index in [-0.39, 0.29) is 12.0 Å². The van der Waals surface area contributed by atoms with Crippen molar-refractivity contribution in [3.8, 4) is 17.4 Å². The van der Waals surface area contributed by atoms with E-state index in [0.29, 0.717) is 17.4 Å². The first-order valence-electron chi connectivity index (χ1n) is 8.00. The topological polar surface area (TPSA) is 67.6 Å². The Hall–Kier alpha value is -2.34. The maximum atomic E-state index is 12.1. The van der Waals surface area contributed by atoms with Crippen molar-refractivity contribution in [2.24, 2.45) is 5.92 Å². The molecule has 0 aliphatic carbocycles. The maximum absolute atomic E-state index is 12.1. The van der Waals surface area contributed by atoms with Crippen LogP contribution in [0.2, 0.25) is 0 Å². The molecule has 3 aliphatic heterocycles. The van der Waals surface area contributed by atoms with Gasteiger partial charge in [0, 0.05) is 24.8 Å². The van der Waals surface area contributed by atoms with Crippen LogP contribution in [0.3, 0.4) is 0 Å². The normalized spacial score (nSPS) is 26.0. The predicted octanol–water partition coefficient (Wildman–Crippen LogP) is 2.52. The van der Waals surface area contributed by atoms with Crippen molar-refractivity contribution in [2.45, 2.75) is 18.9 Å². The summed E-state index contributed by atoms with van der Waals surface area (Å²) in [5.41, 5.74) is 0.708. The summed E-state index contributed by atoms with van der Waals surface area (Å²) in [7, 11) is 0. The molecule has 3 fully saturated rings. The smallest absolute Gasteiger partial charge is 0.415 e. The number of carbonyl (C=O) groups excluding carboxylic acids is 1. The van der Waals surface area contributed by atoms with Crippen LogP contribution >= 0.6 is 0 Å². The average Bonchev–Trinajstić information content (AvgIpc) is 3.05. The van der Waals surface area contributed by atoms with Gasteiger partial charge in [-0.1, -0.05) is 6.07 Å². The molecule has 23 heavy (non-hydrogen) atoms. The van der Waals surface area contributed by atoms with Crippen LogP contribution in [0.1, 0.15) is 12.8 Å². The fraction of sp³-hybridized carbons (Fsp3) is 0.412. The molecule has 1 N–H and O–H groups in total. The van der Waals surface area contributed by atoms with Gasteiger partial charge < -0.3 is 19.4 Å². The lowest BCUT2D eigenvalue weighted by Crippen LogP contribution is -2.57. The van der Waals surface area contributed by atoms with Crippen molar-refractivity contribution in [1.29, 1.82) is 0 Å². The maximum Gasteiger partial charge on any atom is 0.415 e. The van der Waals surface area contributed by atoms with E-state index in [1.165, 1.54) is 0 Å². The zero-order chi connectivity index (χ0) is 15.6. The summed E-state index contributed by atoms with van der Waals surface area (Å²) in [6.45, 7) is 3.20. The molecule has 1 atom stereocenters. The quantitative estimate of drug-likeness (QED) is 0.943. The number of furan rings is 1. The number of rotatable bonds is 3. The van der Waals surface area contributed by atoms with Crippen molar-refractivity contribution in [2.75, 3.05) is 19.6 Å². The molecule has 2 bridgehead atoms. The number of hydrogen-bond acceptors (Lipinski definition) is 5. The molecule has 2 aromatic heterocycles. The van der Waals surface area contributed by atoms with Gasteiger partial charge >= 0.3 is 6.09 Å². The van der Waals surface area contributed by atoms with Gasteiger partial charge in [-0.15, -0.1) is 0 Å². The molecule has 6 heteroatoms. The summed E-state index contributed by atoms with van der Waals surface area (Å²) in [6.07, 6.45) is 3.54. The third-order valence-electron chi connectivity index (χ3n) is 4.65. The highest BCUT2D eigenvalue weighted by Gasteiger charge is 2.35. The first kappa shape index (κ1) is 14.3. The van der Waals surface area contributed by atoms with Gasteiger partial charge in [-0.2, -0.15) is 0 Å². The van der Waals surface area contributed by atoms with E-state index in [1.807, 2.05) is 18.2 Å². The highest BCUT2D eigenvalue weighted by molar-refractivity contribution is 5.70. The van der Waals surface area contributed by atoms with Crippen molar-refractivity contribution >= 4 is 6.09 Å². The number of ether oxygens (including phenoxy) is 1. The number of pyridine rings is 1. The molecular formula is C17H19N3O3. The van der Waals surface area contributed by atoms with Gasteiger partial charge in [0.2, 0.25) is 0 Å². The van der Waals surface area contributed by atoms with E-state index in [4.69, 9.17) is 9.15 Å². The van der Waals surface area contributed by atoms with Crippen molar-refractivity contribution in [3.05, 3.63) is 36.5 Å². The Kier molecular flexibility index (Phi) is 3.75. The molecule has 2 aromatic rings. The number of piperidine rings is 3. The van der Waals surface area contributed by atoms with Crippen LogP contribution in [0.4, 0.5) is 4.79 Å². The lowest BCUT2D eigenvalue weighted by atomic mass is 9.84. The molecule has 120 valence electrons. The van der Waals surface area contributed by atoms with E-state index < -0.39 is 6.09 Å². The second kappa shape index (κ2) is 6.04. The van der Waals surface area contributed by atoms with E-state index in [9.17, 15) is 4.79 Å². The van der Waals surface area contributed by atoms with Crippen LogP contribution in [-0.4, -0.2) is 41.7 Å². The first-order chi connectivity index (χ1) is 11.3.